The van der Waals surface area contributed by atoms with Crippen molar-refractivity contribution in [2.24, 2.45) is 11.5 Å². The van der Waals surface area contributed by atoms with Crippen LogP contribution >= 0.6 is 11.0 Å². The van der Waals surface area contributed by atoms with E-state index >= 15 is 0 Å². The zero-order valence-electron chi connectivity index (χ0n) is 16.5. The largest absolute Gasteiger partial charge is 0.366 e. The summed E-state index contributed by atoms with van der Waals surface area (Å²) in [5.41, 5.74) is 14.3. The number of rotatable bonds is 6. The Labute approximate surface area is 181 Å². The number of carbonyl (C=O) groups excluding carboxylic acids is 2. The maximum Gasteiger partial charge on any atom is 0.248 e. The highest BCUT2D eigenvalue weighted by atomic mass is 32.3. The van der Waals surface area contributed by atoms with Gasteiger partial charge in [0.05, 0.1) is 24.5 Å². The van der Waals surface area contributed by atoms with E-state index in [0.717, 1.165) is 11.1 Å². The molecule has 1 aliphatic rings. The lowest BCUT2D eigenvalue weighted by Gasteiger charge is -2.44. The molecule has 0 aromatic heterocycles. The fourth-order valence-electron chi connectivity index (χ4n) is 3.49. The molecular weight excluding hydrogens is 416 g/mol. The molecule has 0 saturated carbocycles. The predicted octanol–water partition coefficient (Wildman–Crippen LogP) is 3.49. The van der Waals surface area contributed by atoms with Crippen molar-refractivity contribution in [3.05, 3.63) is 95.1 Å². The van der Waals surface area contributed by atoms with Crippen molar-refractivity contribution in [2.45, 2.75) is 13.1 Å². The van der Waals surface area contributed by atoms with Gasteiger partial charge in [0.25, 0.3) is 0 Å². The van der Waals surface area contributed by atoms with Crippen LogP contribution in [0.2, 0.25) is 0 Å². The van der Waals surface area contributed by atoms with E-state index in [0.29, 0.717) is 22.5 Å². The Hall–Kier alpha value is -3.53. The molecule has 0 fully saturated rings. The lowest BCUT2D eigenvalue weighted by Crippen LogP contribution is -2.33. The fourth-order valence-corrected chi connectivity index (χ4v) is 5.21. The van der Waals surface area contributed by atoms with Crippen molar-refractivity contribution in [1.82, 2.24) is 0 Å². The van der Waals surface area contributed by atoms with Crippen molar-refractivity contribution >= 4 is 34.2 Å². The number of fused-ring (bicyclic) bond motifs is 1. The van der Waals surface area contributed by atoms with Gasteiger partial charge in [-0.1, -0.05) is 36.4 Å². The number of nitrogens with zero attached hydrogens (tertiary/aromatic N) is 2. The lowest BCUT2D eigenvalue weighted by molar-refractivity contribution is 0.0992. The third kappa shape index (κ3) is 3.93. The summed E-state index contributed by atoms with van der Waals surface area (Å²) in [7, 11) is -3.35. The second-order valence-electron chi connectivity index (χ2n) is 7.17. The van der Waals surface area contributed by atoms with E-state index in [1.54, 1.807) is 57.1 Å². The van der Waals surface area contributed by atoms with Crippen LogP contribution in [0.15, 0.2) is 72.8 Å². The second kappa shape index (κ2) is 7.95. The van der Waals surface area contributed by atoms with Crippen molar-refractivity contribution < 1.29 is 18.7 Å². The molecule has 3 aromatic rings. The number of primary amides is 2. The Morgan fingerprint density at radius 3 is 1.35 bits per heavy atom. The highest BCUT2D eigenvalue weighted by Gasteiger charge is 2.40. The van der Waals surface area contributed by atoms with Gasteiger partial charge in [0.2, 0.25) is 11.8 Å². The van der Waals surface area contributed by atoms with E-state index < -0.39 is 22.8 Å². The third-order valence-electron chi connectivity index (χ3n) is 5.14. The van der Waals surface area contributed by atoms with Crippen LogP contribution in [0.5, 0.6) is 0 Å². The van der Waals surface area contributed by atoms with Crippen LogP contribution in [-0.2, 0) is 13.1 Å². The number of amides is 2. The highest BCUT2D eigenvalue weighted by Crippen LogP contribution is 2.62. The van der Waals surface area contributed by atoms with E-state index in [1.807, 2.05) is 24.3 Å². The molecule has 9 heteroatoms. The van der Waals surface area contributed by atoms with Crippen molar-refractivity contribution in [1.29, 1.82) is 0 Å². The molecule has 160 valence electrons. The van der Waals surface area contributed by atoms with Crippen LogP contribution in [0.25, 0.3) is 0 Å². The number of para-hydroxylation sites is 2. The highest BCUT2D eigenvalue weighted by molar-refractivity contribution is 8.26. The number of hydrogen-bond donors (Lipinski definition) is 4. The molecule has 0 atom stereocenters. The molecule has 0 bridgehead atoms. The molecule has 0 saturated heterocycles. The van der Waals surface area contributed by atoms with Gasteiger partial charge in [-0.05, 0) is 58.5 Å². The average Bonchev–Trinajstić information content (AvgIpc) is 2.96. The third-order valence-corrected chi connectivity index (χ3v) is 6.97. The molecule has 1 heterocycles. The number of hydrogen-bond acceptors (Lipinski definition) is 6. The standard InChI is InChI=1S/C22H22N4O4S/c23-21(27)17-9-5-15(6-10-17)13-25-19-3-1-2-4-20(19)26(31(25,29)30)14-16-7-11-18(12-8-16)22(24)28/h1-12,29-30H,13-14H2,(H2,23,27)(H2,24,28). The molecule has 0 unspecified atom stereocenters. The molecule has 3 aromatic carbocycles. The van der Waals surface area contributed by atoms with Crippen LogP contribution in [-0.4, -0.2) is 20.9 Å². The van der Waals surface area contributed by atoms with Crippen LogP contribution in [0.3, 0.4) is 0 Å². The van der Waals surface area contributed by atoms with Gasteiger partial charge in [0.1, 0.15) is 0 Å². The Bertz CT molecular complexity index is 1040. The van der Waals surface area contributed by atoms with Gasteiger partial charge >= 0.3 is 0 Å². The van der Waals surface area contributed by atoms with Gasteiger partial charge < -0.3 is 11.5 Å². The molecule has 31 heavy (non-hydrogen) atoms. The van der Waals surface area contributed by atoms with Gasteiger partial charge in [-0.25, -0.2) is 8.61 Å². The summed E-state index contributed by atoms with van der Waals surface area (Å²) in [5.74, 6) is -1.04. The molecule has 6 N–H and O–H groups in total. The van der Waals surface area contributed by atoms with E-state index in [1.165, 1.54) is 0 Å². The minimum absolute atomic E-state index is 0.232. The number of anilines is 2. The summed E-state index contributed by atoms with van der Waals surface area (Å²) in [6.07, 6.45) is 0. The average molecular weight is 439 g/mol. The molecular formula is C22H22N4O4S. The first kappa shape index (κ1) is 20.7. The smallest absolute Gasteiger partial charge is 0.248 e. The minimum Gasteiger partial charge on any atom is -0.366 e. The monoisotopic (exact) mass is 438 g/mol. The Morgan fingerprint density at radius 2 is 1.03 bits per heavy atom. The lowest BCUT2D eigenvalue weighted by atomic mass is 10.1. The van der Waals surface area contributed by atoms with Gasteiger partial charge in [0, 0.05) is 11.1 Å². The SMILES string of the molecule is NC(=O)c1ccc(CN2c3ccccc3N(Cc3ccc(C(N)=O)cc3)S2(O)O)cc1. The number of carbonyl (C=O) groups is 2. The normalized spacial score (nSPS) is 15.4. The summed E-state index contributed by atoms with van der Waals surface area (Å²) >= 11 is 0. The maximum absolute atomic E-state index is 11.3. The molecule has 0 spiro atoms. The van der Waals surface area contributed by atoms with E-state index in [2.05, 4.69) is 0 Å². The van der Waals surface area contributed by atoms with E-state index in [4.69, 9.17) is 11.5 Å². The van der Waals surface area contributed by atoms with Crippen LogP contribution in [0.1, 0.15) is 31.8 Å². The topological polar surface area (TPSA) is 133 Å². The van der Waals surface area contributed by atoms with Crippen LogP contribution < -0.4 is 20.1 Å². The Kier molecular flexibility index (Phi) is 5.32. The molecule has 0 radical (unpaired) electrons. The summed E-state index contributed by atoms with van der Waals surface area (Å²) in [4.78, 5) is 22.6. The van der Waals surface area contributed by atoms with Crippen LogP contribution in [0.4, 0.5) is 11.4 Å². The molecule has 1 aliphatic heterocycles. The van der Waals surface area contributed by atoms with Crippen molar-refractivity contribution in [3.63, 3.8) is 0 Å². The Morgan fingerprint density at radius 1 is 0.677 bits per heavy atom. The first-order chi connectivity index (χ1) is 14.8. The number of nitrogens with two attached hydrogens (primary N) is 2. The first-order valence-electron chi connectivity index (χ1n) is 9.47. The zero-order chi connectivity index (χ0) is 22.2. The molecule has 8 nitrogen and oxygen atoms in total. The van der Waals surface area contributed by atoms with E-state index in [-0.39, 0.29) is 13.1 Å². The van der Waals surface area contributed by atoms with Crippen molar-refractivity contribution in [3.8, 4) is 0 Å². The predicted molar refractivity (Wildman–Crippen MR) is 122 cm³/mol. The van der Waals surface area contributed by atoms with Crippen molar-refractivity contribution in [2.75, 3.05) is 8.61 Å². The summed E-state index contributed by atoms with van der Waals surface area (Å²) in [6, 6.07) is 20.7. The second-order valence-corrected chi connectivity index (χ2v) is 9.04. The minimum atomic E-state index is -3.35. The van der Waals surface area contributed by atoms with Gasteiger partial charge in [-0.15, -0.1) is 0 Å². The first-order valence-corrected chi connectivity index (χ1v) is 10.9. The molecule has 4 rings (SSSR count). The van der Waals surface area contributed by atoms with Gasteiger partial charge in [-0.2, -0.15) is 0 Å². The fraction of sp³-hybridized carbons (Fsp3) is 0.0909. The van der Waals surface area contributed by atoms with Gasteiger partial charge in [0.15, 0.2) is 0 Å². The zero-order valence-corrected chi connectivity index (χ0v) is 17.3. The summed E-state index contributed by atoms with van der Waals surface area (Å²) in [5, 5.41) is 0. The summed E-state index contributed by atoms with van der Waals surface area (Å²) in [6.45, 7) is 0.463. The quantitative estimate of drug-likeness (QED) is 0.466. The summed E-state index contributed by atoms with van der Waals surface area (Å²) < 4.78 is 25.5. The molecule has 2 amide bonds. The number of benzene rings is 3. The van der Waals surface area contributed by atoms with E-state index in [9.17, 15) is 18.7 Å². The molecule has 0 aliphatic carbocycles. The Balaban J connectivity index is 1.63. The van der Waals surface area contributed by atoms with Crippen LogP contribution in [0, 0.1) is 0 Å². The maximum atomic E-state index is 11.3. The van der Waals surface area contributed by atoms with Gasteiger partial charge in [-0.3, -0.25) is 18.7 Å².